The van der Waals surface area contributed by atoms with E-state index in [1.807, 2.05) is 6.92 Å². The van der Waals surface area contributed by atoms with E-state index in [1.54, 1.807) is 0 Å². The van der Waals surface area contributed by atoms with E-state index in [4.69, 9.17) is 0 Å². The Bertz CT molecular complexity index is 510. The van der Waals surface area contributed by atoms with E-state index in [2.05, 4.69) is 34.0 Å². The monoisotopic (exact) mass is 276 g/mol. The smallest absolute Gasteiger partial charge is 0.223 e. The Labute approximate surface area is 120 Å². The van der Waals surface area contributed by atoms with Crippen LogP contribution in [-0.4, -0.2) is 58.6 Å². The van der Waals surface area contributed by atoms with Crippen LogP contribution >= 0.6 is 0 Å². The van der Waals surface area contributed by atoms with E-state index in [9.17, 15) is 4.79 Å². The summed E-state index contributed by atoms with van der Waals surface area (Å²) in [5.74, 6) is 0.978. The third-order valence-electron chi connectivity index (χ3n) is 5.11. The van der Waals surface area contributed by atoms with E-state index in [-0.39, 0.29) is 5.91 Å². The van der Waals surface area contributed by atoms with Gasteiger partial charge in [0.05, 0.1) is 5.69 Å². The van der Waals surface area contributed by atoms with E-state index in [0.717, 1.165) is 30.9 Å². The molecule has 0 radical (unpaired) electrons. The summed E-state index contributed by atoms with van der Waals surface area (Å²) in [4.78, 5) is 16.8. The number of H-pyrrole nitrogens is 1. The molecule has 2 aliphatic rings. The number of likely N-dealkylation sites (N-methyl/N-ethyl adjacent to an activating group) is 1. The Kier molecular flexibility index (Phi) is 3.54. The molecule has 0 bridgehead atoms. The number of hydrogen-bond acceptors (Lipinski definition) is 3. The molecule has 2 saturated heterocycles. The number of aryl methyl sites for hydroxylation is 2. The molecule has 2 atom stereocenters. The predicted molar refractivity (Wildman–Crippen MR) is 77.5 cm³/mol. The molecule has 2 fully saturated rings. The minimum absolute atomic E-state index is 0.285. The Hall–Kier alpha value is -1.36. The van der Waals surface area contributed by atoms with Gasteiger partial charge < -0.3 is 9.80 Å². The average molecular weight is 276 g/mol. The first-order valence-corrected chi connectivity index (χ1v) is 7.54. The van der Waals surface area contributed by atoms with Crippen molar-refractivity contribution in [3.05, 3.63) is 17.0 Å². The number of likely N-dealkylation sites (tertiary alicyclic amines) is 2. The number of nitrogens with one attached hydrogen (secondary N) is 1. The number of hydrogen-bond donors (Lipinski definition) is 1. The van der Waals surface area contributed by atoms with Crippen molar-refractivity contribution < 1.29 is 4.79 Å². The van der Waals surface area contributed by atoms with Gasteiger partial charge in [0.2, 0.25) is 5.91 Å². The van der Waals surface area contributed by atoms with Gasteiger partial charge in [-0.1, -0.05) is 0 Å². The second-order valence-electron chi connectivity index (χ2n) is 6.32. The highest BCUT2D eigenvalue weighted by Crippen LogP contribution is 2.30. The number of amides is 1. The van der Waals surface area contributed by atoms with Crippen LogP contribution in [0.15, 0.2) is 0 Å². The lowest BCUT2D eigenvalue weighted by Crippen LogP contribution is -2.35. The summed E-state index contributed by atoms with van der Waals surface area (Å²) in [6.45, 7) is 7.13. The van der Waals surface area contributed by atoms with Crippen molar-refractivity contribution in [3.8, 4) is 0 Å². The lowest BCUT2D eigenvalue weighted by atomic mass is 10.1. The van der Waals surface area contributed by atoms with Gasteiger partial charge in [0.1, 0.15) is 0 Å². The summed E-state index contributed by atoms with van der Waals surface area (Å²) in [5, 5.41) is 7.27. The van der Waals surface area contributed by atoms with Gasteiger partial charge in [-0.25, -0.2) is 0 Å². The lowest BCUT2D eigenvalue weighted by Gasteiger charge is -2.20. The zero-order chi connectivity index (χ0) is 14.3. The molecule has 20 heavy (non-hydrogen) atoms. The highest BCUT2D eigenvalue weighted by molar-refractivity contribution is 5.77. The molecule has 3 rings (SSSR count). The van der Waals surface area contributed by atoms with Crippen molar-refractivity contribution in [1.82, 2.24) is 20.0 Å². The molecule has 0 spiro atoms. The molecule has 0 unspecified atom stereocenters. The quantitative estimate of drug-likeness (QED) is 0.900. The van der Waals surface area contributed by atoms with Crippen LogP contribution in [0.1, 0.15) is 29.8 Å². The number of aromatic nitrogens is 2. The first kappa shape index (κ1) is 13.6. The molecule has 0 aliphatic carbocycles. The minimum atomic E-state index is 0.285. The molecular weight excluding hydrogens is 252 g/mol. The number of carbonyl (C=O) groups excluding carboxylic acids is 1. The maximum absolute atomic E-state index is 12.3. The van der Waals surface area contributed by atoms with Gasteiger partial charge >= 0.3 is 0 Å². The SMILES string of the molecule is Cc1[nH]nc(CCC(=O)N2C[C@H]3CCN(C)[C@H]3C2)c1C. The molecule has 3 heterocycles. The van der Waals surface area contributed by atoms with E-state index in [0.29, 0.717) is 18.4 Å². The van der Waals surface area contributed by atoms with Crippen molar-refractivity contribution >= 4 is 5.91 Å². The van der Waals surface area contributed by atoms with Crippen LogP contribution in [0.25, 0.3) is 0 Å². The fourth-order valence-corrected chi connectivity index (χ4v) is 3.54. The Balaban J connectivity index is 1.54. The standard InChI is InChI=1S/C15H24N4O/c1-10-11(2)16-17-13(10)4-5-15(20)19-8-12-6-7-18(3)14(12)9-19/h12,14H,4-9H2,1-3H3,(H,16,17)/t12-,14+/m1/s1. The molecule has 1 aromatic rings. The van der Waals surface area contributed by atoms with E-state index >= 15 is 0 Å². The van der Waals surface area contributed by atoms with Gasteiger partial charge in [-0.05, 0) is 45.3 Å². The molecule has 1 aromatic heterocycles. The summed E-state index contributed by atoms with van der Waals surface area (Å²) in [6.07, 6.45) is 2.56. The summed E-state index contributed by atoms with van der Waals surface area (Å²) < 4.78 is 0. The maximum Gasteiger partial charge on any atom is 0.223 e. The predicted octanol–water partition coefficient (Wildman–Crippen LogP) is 1.12. The molecule has 110 valence electrons. The van der Waals surface area contributed by atoms with Crippen LogP contribution in [0, 0.1) is 19.8 Å². The number of rotatable bonds is 3. The van der Waals surface area contributed by atoms with Crippen LogP contribution in [0.3, 0.4) is 0 Å². The van der Waals surface area contributed by atoms with Gasteiger partial charge in [0.15, 0.2) is 0 Å². The van der Waals surface area contributed by atoms with Gasteiger partial charge in [0, 0.05) is 37.7 Å². The molecule has 0 saturated carbocycles. The highest BCUT2D eigenvalue weighted by Gasteiger charge is 2.40. The summed E-state index contributed by atoms with van der Waals surface area (Å²) in [5.41, 5.74) is 3.33. The summed E-state index contributed by atoms with van der Waals surface area (Å²) >= 11 is 0. The molecule has 1 N–H and O–H groups in total. The number of fused-ring (bicyclic) bond motifs is 1. The summed E-state index contributed by atoms with van der Waals surface area (Å²) in [6, 6.07) is 0.591. The second kappa shape index (κ2) is 5.20. The average Bonchev–Trinajstić information content (AvgIpc) is 3.08. The largest absolute Gasteiger partial charge is 0.341 e. The normalized spacial score (nSPS) is 26.2. The van der Waals surface area contributed by atoms with Gasteiger partial charge in [-0.3, -0.25) is 9.89 Å². The first-order chi connectivity index (χ1) is 9.56. The first-order valence-electron chi connectivity index (χ1n) is 7.54. The number of nitrogens with zero attached hydrogens (tertiary/aromatic N) is 3. The molecular formula is C15H24N4O. The van der Waals surface area contributed by atoms with Gasteiger partial charge in [-0.2, -0.15) is 5.10 Å². The third-order valence-corrected chi connectivity index (χ3v) is 5.11. The molecule has 1 amide bonds. The topological polar surface area (TPSA) is 52.2 Å². The molecule has 5 nitrogen and oxygen atoms in total. The molecule has 5 heteroatoms. The van der Waals surface area contributed by atoms with Crippen molar-refractivity contribution in [2.75, 3.05) is 26.7 Å². The fourth-order valence-electron chi connectivity index (χ4n) is 3.54. The minimum Gasteiger partial charge on any atom is -0.341 e. The van der Waals surface area contributed by atoms with E-state index < -0.39 is 0 Å². The lowest BCUT2D eigenvalue weighted by molar-refractivity contribution is -0.130. The highest BCUT2D eigenvalue weighted by atomic mass is 16.2. The van der Waals surface area contributed by atoms with Crippen LogP contribution in [0.5, 0.6) is 0 Å². The molecule has 2 aliphatic heterocycles. The number of aromatic amines is 1. The number of carbonyl (C=O) groups is 1. The third kappa shape index (κ3) is 2.35. The van der Waals surface area contributed by atoms with Crippen molar-refractivity contribution in [3.63, 3.8) is 0 Å². The zero-order valence-electron chi connectivity index (χ0n) is 12.6. The molecule has 0 aromatic carbocycles. The van der Waals surface area contributed by atoms with Gasteiger partial charge in [0.25, 0.3) is 0 Å². The van der Waals surface area contributed by atoms with E-state index in [1.165, 1.54) is 18.5 Å². The fraction of sp³-hybridized carbons (Fsp3) is 0.733. The second-order valence-corrected chi connectivity index (χ2v) is 6.32. The zero-order valence-corrected chi connectivity index (χ0v) is 12.6. The van der Waals surface area contributed by atoms with Crippen LogP contribution < -0.4 is 0 Å². The van der Waals surface area contributed by atoms with Gasteiger partial charge in [-0.15, -0.1) is 0 Å². The van der Waals surface area contributed by atoms with Crippen molar-refractivity contribution in [1.29, 1.82) is 0 Å². The van der Waals surface area contributed by atoms with Crippen molar-refractivity contribution in [2.24, 2.45) is 5.92 Å². The van der Waals surface area contributed by atoms with Crippen LogP contribution in [0.4, 0.5) is 0 Å². The van der Waals surface area contributed by atoms with Crippen LogP contribution in [-0.2, 0) is 11.2 Å². The van der Waals surface area contributed by atoms with Crippen molar-refractivity contribution in [2.45, 2.75) is 39.2 Å². The Morgan fingerprint density at radius 1 is 1.40 bits per heavy atom. The Morgan fingerprint density at radius 2 is 2.20 bits per heavy atom. The summed E-state index contributed by atoms with van der Waals surface area (Å²) in [7, 11) is 2.18. The van der Waals surface area contributed by atoms with Crippen LogP contribution in [0.2, 0.25) is 0 Å². The Morgan fingerprint density at radius 3 is 2.85 bits per heavy atom. The maximum atomic E-state index is 12.3.